The highest BCUT2D eigenvalue weighted by Gasteiger charge is 2.32. The Labute approximate surface area is 159 Å². The summed E-state index contributed by atoms with van der Waals surface area (Å²) < 4.78 is 5.83. The van der Waals surface area contributed by atoms with Gasteiger partial charge in [-0.1, -0.05) is 17.7 Å². The van der Waals surface area contributed by atoms with Crippen molar-refractivity contribution in [1.82, 2.24) is 15.0 Å². The van der Waals surface area contributed by atoms with Crippen molar-refractivity contribution in [3.8, 4) is 16.6 Å². The molecule has 1 unspecified atom stereocenters. The number of hydrogen-bond donors (Lipinski definition) is 0. The van der Waals surface area contributed by atoms with Gasteiger partial charge in [-0.05, 0) is 32.0 Å². The van der Waals surface area contributed by atoms with Gasteiger partial charge in [0.2, 0.25) is 0 Å². The monoisotopic (exact) mass is 386 g/mol. The van der Waals surface area contributed by atoms with E-state index in [0.717, 1.165) is 0 Å². The van der Waals surface area contributed by atoms with Gasteiger partial charge in [-0.2, -0.15) is 0 Å². The number of amides is 1. The fraction of sp³-hybridized carbons (Fsp3) is 0.222. The molecule has 0 N–H and O–H groups in total. The molecule has 1 aromatic carbocycles. The van der Waals surface area contributed by atoms with Gasteiger partial charge in [0.25, 0.3) is 5.91 Å². The van der Waals surface area contributed by atoms with Crippen LogP contribution >= 0.6 is 22.9 Å². The molecule has 132 valence electrons. The van der Waals surface area contributed by atoms with Gasteiger partial charge in [0.1, 0.15) is 11.0 Å². The average molecular weight is 387 g/mol. The Morgan fingerprint density at radius 2 is 2.08 bits per heavy atom. The first-order valence-electron chi connectivity index (χ1n) is 8.06. The number of para-hydroxylation sites is 1. The minimum Gasteiger partial charge on any atom is -0.485 e. The summed E-state index contributed by atoms with van der Waals surface area (Å²) >= 11 is 7.54. The van der Waals surface area contributed by atoms with Crippen LogP contribution in [0.3, 0.4) is 0 Å². The number of anilines is 1. The summed E-state index contributed by atoms with van der Waals surface area (Å²) in [6.07, 6.45) is 3.15. The zero-order valence-electron chi connectivity index (χ0n) is 14.1. The van der Waals surface area contributed by atoms with Crippen molar-refractivity contribution in [2.24, 2.45) is 0 Å². The summed E-state index contributed by atoms with van der Waals surface area (Å²) in [4.78, 5) is 28.4. The zero-order chi connectivity index (χ0) is 18.3. The Bertz CT molecular complexity index is 977. The number of rotatable bonds is 2. The molecule has 1 aliphatic heterocycles. The van der Waals surface area contributed by atoms with E-state index in [2.05, 4.69) is 15.0 Å². The van der Waals surface area contributed by atoms with E-state index in [1.165, 1.54) is 11.3 Å². The molecule has 1 aliphatic rings. The second-order valence-electron chi connectivity index (χ2n) is 5.94. The summed E-state index contributed by atoms with van der Waals surface area (Å²) in [5.74, 6) is 0.925. The van der Waals surface area contributed by atoms with Crippen LogP contribution < -0.4 is 9.64 Å². The third kappa shape index (κ3) is 2.93. The normalized spacial score (nSPS) is 16.1. The first kappa shape index (κ1) is 16.9. The highest BCUT2D eigenvalue weighted by Crippen LogP contribution is 2.40. The number of aromatic nitrogens is 3. The van der Waals surface area contributed by atoms with Crippen molar-refractivity contribution in [2.45, 2.75) is 20.0 Å². The zero-order valence-corrected chi connectivity index (χ0v) is 15.7. The number of carbonyl (C=O) groups is 1. The molecular formula is C18H15ClN4O2S. The average Bonchev–Trinajstić information content (AvgIpc) is 3.04. The Balaban J connectivity index is 1.73. The van der Waals surface area contributed by atoms with Crippen LogP contribution in [-0.4, -0.2) is 33.5 Å². The SMILES string of the molecule is Cc1nc(-c2ncccn2)sc1C(=O)N1CC(C)Oc2c(Cl)cccc21. The summed E-state index contributed by atoms with van der Waals surface area (Å²) in [6.45, 7) is 4.18. The van der Waals surface area contributed by atoms with Gasteiger partial charge in [-0.15, -0.1) is 11.3 Å². The van der Waals surface area contributed by atoms with E-state index in [1.807, 2.05) is 26.0 Å². The van der Waals surface area contributed by atoms with Gasteiger partial charge >= 0.3 is 0 Å². The Morgan fingerprint density at radius 1 is 1.31 bits per heavy atom. The predicted octanol–water partition coefficient (Wildman–Crippen LogP) is 3.99. The number of hydrogen-bond acceptors (Lipinski definition) is 6. The van der Waals surface area contributed by atoms with Crippen LogP contribution in [0.2, 0.25) is 5.02 Å². The maximum Gasteiger partial charge on any atom is 0.270 e. The number of ether oxygens (including phenoxy) is 1. The van der Waals surface area contributed by atoms with Crippen molar-refractivity contribution in [1.29, 1.82) is 0 Å². The summed E-state index contributed by atoms with van der Waals surface area (Å²) in [7, 11) is 0. The first-order valence-corrected chi connectivity index (χ1v) is 9.26. The molecule has 0 spiro atoms. The van der Waals surface area contributed by atoms with E-state index < -0.39 is 0 Å². The molecule has 0 fully saturated rings. The third-order valence-electron chi connectivity index (χ3n) is 3.99. The lowest BCUT2D eigenvalue weighted by atomic mass is 10.2. The molecule has 0 radical (unpaired) electrons. The highest BCUT2D eigenvalue weighted by atomic mass is 35.5. The standard InChI is InChI=1S/C18H15ClN4O2S/c1-10-9-23(13-6-3-5-12(19)14(13)25-10)18(24)15-11(2)22-17(26-15)16-20-7-4-8-21-16/h3-8,10H,9H2,1-2H3. The quantitative estimate of drug-likeness (QED) is 0.666. The molecule has 0 saturated heterocycles. The van der Waals surface area contributed by atoms with Crippen molar-refractivity contribution in [2.75, 3.05) is 11.4 Å². The molecular weight excluding hydrogens is 372 g/mol. The lowest BCUT2D eigenvalue weighted by Crippen LogP contribution is -2.42. The van der Waals surface area contributed by atoms with Crippen LogP contribution in [0.1, 0.15) is 22.3 Å². The molecule has 2 aromatic heterocycles. The van der Waals surface area contributed by atoms with Gasteiger partial charge in [-0.25, -0.2) is 15.0 Å². The van der Waals surface area contributed by atoms with Crippen LogP contribution in [0.15, 0.2) is 36.7 Å². The summed E-state index contributed by atoms with van der Waals surface area (Å²) in [5, 5.41) is 1.12. The highest BCUT2D eigenvalue weighted by molar-refractivity contribution is 7.17. The number of aryl methyl sites for hydroxylation is 1. The fourth-order valence-electron chi connectivity index (χ4n) is 2.84. The number of benzene rings is 1. The van der Waals surface area contributed by atoms with Crippen molar-refractivity contribution in [3.63, 3.8) is 0 Å². The van der Waals surface area contributed by atoms with Gasteiger partial charge in [0.15, 0.2) is 16.6 Å². The van der Waals surface area contributed by atoms with Crippen LogP contribution in [0, 0.1) is 6.92 Å². The van der Waals surface area contributed by atoms with E-state index >= 15 is 0 Å². The van der Waals surface area contributed by atoms with E-state index in [9.17, 15) is 4.79 Å². The van der Waals surface area contributed by atoms with Crippen molar-refractivity contribution < 1.29 is 9.53 Å². The first-order chi connectivity index (χ1) is 12.5. The maximum absolute atomic E-state index is 13.2. The number of fused-ring (bicyclic) bond motifs is 1. The molecule has 0 bridgehead atoms. The fourth-order valence-corrected chi connectivity index (χ4v) is 4.01. The molecule has 8 heteroatoms. The van der Waals surface area contributed by atoms with Crippen LogP contribution in [0.5, 0.6) is 5.75 Å². The molecule has 4 rings (SSSR count). The number of thiazole rings is 1. The molecule has 26 heavy (non-hydrogen) atoms. The van der Waals surface area contributed by atoms with Crippen LogP contribution in [-0.2, 0) is 0 Å². The van der Waals surface area contributed by atoms with Gasteiger partial charge in [0, 0.05) is 12.4 Å². The van der Waals surface area contributed by atoms with E-state index in [1.54, 1.807) is 29.4 Å². The van der Waals surface area contributed by atoms with Crippen LogP contribution in [0.4, 0.5) is 5.69 Å². The second-order valence-corrected chi connectivity index (χ2v) is 7.34. The molecule has 6 nitrogen and oxygen atoms in total. The maximum atomic E-state index is 13.2. The molecule has 3 heterocycles. The molecule has 0 aliphatic carbocycles. The minimum absolute atomic E-state index is 0.124. The molecule has 1 amide bonds. The topological polar surface area (TPSA) is 68.2 Å². The Hall–Kier alpha value is -2.51. The van der Waals surface area contributed by atoms with Gasteiger partial charge in [-0.3, -0.25) is 4.79 Å². The molecule has 3 aromatic rings. The largest absolute Gasteiger partial charge is 0.485 e. The lowest BCUT2D eigenvalue weighted by Gasteiger charge is -2.33. The van der Waals surface area contributed by atoms with E-state index in [0.29, 0.717) is 44.4 Å². The number of halogens is 1. The molecule has 1 atom stereocenters. The predicted molar refractivity (Wildman–Crippen MR) is 101 cm³/mol. The van der Waals surface area contributed by atoms with Gasteiger partial charge < -0.3 is 9.64 Å². The van der Waals surface area contributed by atoms with E-state index in [4.69, 9.17) is 16.3 Å². The number of nitrogens with zero attached hydrogens (tertiary/aromatic N) is 4. The summed E-state index contributed by atoms with van der Waals surface area (Å²) in [6, 6.07) is 7.14. The number of carbonyl (C=O) groups excluding carboxylic acids is 1. The Morgan fingerprint density at radius 3 is 2.85 bits per heavy atom. The smallest absolute Gasteiger partial charge is 0.270 e. The molecule has 0 saturated carbocycles. The summed E-state index contributed by atoms with van der Waals surface area (Å²) in [5.41, 5.74) is 1.33. The third-order valence-corrected chi connectivity index (χ3v) is 5.43. The minimum atomic E-state index is -0.156. The Kier molecular flexibility index (Phi) is 4.34. The van der Waals surface area contributed by atoms with Crippen molar-refractivity contribution >= 4 is 34.5 Å². The lowest BCUT2D eigenvalue weighted by molar-refractivity contribution is 0.0964. The second kappa shape index (κ2) is 6.66. The van der Waals surface area contributed by atoms with Gasteiger partial charge in [0.05, 0.1) is 22.9 Å². The van der Waals surface area contributed by atoms with Crippen LogP contribution in [0.25, 0.3) is 10.8 Å². The van der Waals surface area contributed by atoms with E-state index in [-0.39, 0.29) is 12.0 Å². The van der Waals surface area contributed by atoms with Crippen molar-refractivity contribution in [3.05, 3.63) is 52.3 Å².